The molecule has 1 unspecified atom stereocenters. The minimum absolute atomic E-state index is 0.00878. The van der Waals surface area contributed by atoms with E-state index < -0.39 is 0 Å². The zero-order valence-corrected chi connectivity index (χ0v) is 13.3. The second-order valence-electron chi connectivity index (χ2n) is 5.99. The van der Waals surface area contributed by atoms with Gasteiger partial charge in [-0.2, -0.15) is 4.98 Å². The van der Waals surface area contributed by atoms with Gasteiger partial charge in [0, 0.05) is 25.1 Å². The number of aryl methyl sites for hydroxylation is 3. The van der Waals surface area contributed by atoms with Gasteiger partial charge in [-0.1, -0.05) is 24.2 Å². The predicted molar refractivity (Wildman–Crippen MR) is 83.9 cm³/mol. The van der Waals surface area contributed by atoms with E-state index in [1.807, 2.05) is 18.7 Å². The van der Waals surface area contributed by atoms with Gasteiger partial charge in [0.25, 0.3) is 0 Å². The van der Waals surface area contributed by atoms with Crippen LogP contribution in [0.2, 0.25) is 0 Å². The van der Waals surface area contributed by atoms with E-state index in [1.165, 1.54) is 0 Å². The minimum atomic E-state index is -0.00878. The molecule has 0 saturated carbocycles. The average Bonchev–Trinajstić information content (AvgIpc) is 3.09. The maximum atomic E-state index is 12.4. The lowest BCUT2D eigenvalue weighted by atomic mass is 10.1. The SMILES string of the molecule is CCCc1noc(C2CC(=O)N(c3cc(C)ccc3C)C2)n1. The van der Waals surface area contributed by atoms with Crippen LogP contribution in [0.15, 0.2) is 22.7 Å². The van der Waals surface area contributed by atoms with Gasteiger partial charge in [0.05, 0.1) is 5.92 Å². The monoisotopic (exact) mass is 299 g/mol. The number of rotatable bonds is 4. The molecule has 1 fully saturated rings. The summed E-state index contributed by atoms with van der Waals surface area (Å²) < 4.78 is 5.35. The smallest absolute Gasteiger partial charge is 0.232 e. The fraction of sp³-hybridized carbons (Fsp3) is 0.471. The molecule has 3 rings (SSSR count). The van der Waals surface area contributed by atoms with Crippen molar-refractivity contribution in [3.05, 3.63) is 41.0 Å². The van der Waals surface area contributed by atoms with Crippen molar-refractivity contribution in [2.75, 3.05) is 11.4 Å². The zero-order valence-electron chi connectivity index (χ0n) is 13.3. The van der Waals surface area contributed by atoms with Crippen molar-refractivity contribution in [3.8, 4) is 0 Å². The molecule has 1 amide bonds. The third kappa shape index (κ3) is 2.75. The summed E-state index contributed by atoms with van der Waals surface area (Å²) >= 11 is 0. The van der Waals surface area contributed by atoms with Gasteiger partial charge in [-0.25, -0.2) is 0 Å². The molecule has 5 nitrogen and oxygen atoms in total. The van der Waals surface area contributed by atoms with Crippen molar-refractivity contribution in [1.82, 2.24) is 10.1 Å². The van der Waals surface area contributed by atoms with Crippen molar-refractivity contribution in [2.24, 2.45) is 0 Å². The Bertz CT molecular complexity index is 693. The second kappa shape index (κ2) is 5.91. The predicted octanol–water partition coefficient (Wildman–Crippen LogP) is 3.16. The number of aromatic nitrogens is 2. The number of nitrogens with zero attached hydrogens (tertiary/aromatic N) is 3. The standard InChI is InChI=1S/C17H21N3O2/c1-4-5-15-18-17(22-19-15)13-9-16(21)20(10-13)14-8-11(2)6-7-12(14)3/h6-8,13H,4-5,9-10H2,1-3H3. The molecule has 1 aromatic carbocycles. The summed E-state index contributed by atoms with van der Waals surface area (Å²) in [5, 5.41) is 3.99. The van der Waals surface area contributed by atoms with Crippen LogP contribution in [0.4, 0.5) is 5.69 Å². The Morgan fingerprint density at radius 2 is 2.18 bits per heavy atom. The summed E-state index contributed by atoms with van der Waals surface area (Å²) in [4.78, 5) is 18.7. The molecular weight excluding hydrogens is 278 g/mol. The van der Waals surface area contributed by atoms with E-state index >= 15 is 0 Å². The average molecular weight is 299 g/mol. The molecular formula is C17H21N3O2. The van der Waals surface area contributed by atoms with Crippen LogP contribution in [0.25, 0.3) is 0 Å². The summed E-state index contributed by atoms with van der Waals surface area (Å²) in [6, 6.07) is 6.18. The van der Waals surface area contributed by atoms with Crippen LogP contribution in [0.3, 0.4) is 0 Å². The molecule has 1 aliphatic rings. The Morgan fingerprint density at radius 3 is 2.95 bits per heavy atom. The topological polar surface area (TPSA) is 59.2 Å². The van der Waals surface area contributed by atoms with E-state index in [-0.39, 0.29) is 11.8 Å². The highest BCUT2D eigenvalue weighted by atomic mass is 16.5. The van der Waals surface area contributed by atoms with Gasteiger partial charge in [0.15, 0.2) is 5.82 Å². The number of carbonyl (C=O) groups excluding carboxylic acids is 1. The number of anilines is 1. The maximum Gasteiger partial charge on any atom is 0.232 e. The first kappa shape index (κ1) is 14.8. The fourth-order valence-electron chi connectivity index (χ4n) is 2.87. The van der Waals surface area contributed by atoms with E-state index in [1.54, 1.807) is 0 Å². The molecule has 0 aliphatic carbocycles. The van der Waals surface area contributed by atoms with E-state index in [2.05, 4.69) is 35.3 Å². The van der Waals surface area contributed by atoms with Crippen molar-refractivity contribution in [1.29, 1.82) is 0 Å². The molecule has 2 heterocycles. The van der Waals surface area contributed by atoms with Gasteiger partial charge in [0.2, 0.25) is 11.8 Å². The van der Waals surface area contributed by atoms with Crippen LogP contribution in [0, 0.1) is 13.8 Å². The Balaban J connectivity index is 1.82. The van der Waals surface area contributed by atoms with Crippen LogP contribution in [-0.4, -0.2) is 22.6 Å². The normalized spacial score (nSPS) is 18.2. The summed E-state index contributed by atoms with van der Waals surface area (Å²) in [6.07, 6.45) is 2.23. The molecule has 5 heteroatoms. The summed E-state index contributed by atoms with van der Waals surface area (Å²) in [5.41, 5.74) is 3.25. The Labute approximate surface area is 130 Å². The molecule has 0 spiro atoms. The third-order valence-electron chi connectivity index (χ3n) is 4.09. The molecule has 116 valence electrons. The molecule has 1 saturated heterocycles. The molecule has 0 bridgehead atoms. The molecule has 0 N–H and O–H groups in total. The lowest BCUT2D eigenvalue weighted by Crippen LogP contribution is -2.25. The van der Waals surface area contributed by atoms with E-state index in [0.29, 0.717) is 18.9 Å². The molecule has 22 heavy (non-hydrogen) atoms. The number of amides is 1. The Kier molecular flexibility index (Phi) is 3.96. The van der Waals surface area contributed by atoms with Crippen LogP contribution in [-0.2, 0) is 11.2 Å². The summed E-state index contributed by atoms with van der Waals surface area (Å²) in [6.45, 7) is 6.76. The fourth-order valence-corrected chi connectivity index (χ4v) is 2.87. The van der Waals surface area contributed by atoms with Gasteiger partial charge in [-0.3, -0.25) is 4.79 Å². The molecule has 2 aromatic rings. The van der Waals surface area contributed by atoms with Gasteiger partial charge in [-0.15, -0.1) is 0 Å². The van der Waals surface area contributed by atoms with Crippen molar-refractivity contribution >= 4 is 11.6 Å². The summed E-state index contributed by atoms with van der Waals surface area (Å²) in [5.74, 6) is 1.43. The summed E-state index contributed by atoms with van der Waals surface area (Å²) in [7, 11) is 0. The van der Waals surface area contributed by atoms with Gasteiger partial charge < -0.3 is 9.42 Å². The highest BCUT2D eigenvalue weighted by molar-refractivity contribution is 5.97. The van der Waals surface area contributed by atoms with E-state index in [9.17, 15) is 4.79 Å². The molecule has 1 aliphatic heterocycles. The quantitative estimate of drug-likeness (QED) is 0.870. The largest absolute Gasteiger partial charge is 0.339 e. The van der Waals surface area contributed by atoms with E-state index in [0.717, 1.165) is 35.5 Å². The molecule has 0 radical (unpaired) electrons. The zero-order chi connectivity index (χ0) is 15.7. The Hall–Kier alpha value is -2.17. The van der Waals surface area contributed by atoms with Gasteiger partial charge in [0.1, 0.15) is 0 Å². The van der Waals surface area contributed by atoms with E-state index in [4.69, 9.17) is 4.52 Å². The number of hydrogen-bond donors (Lipinski definition) is 0. The van der Waals surface area contributed by atoms with Crippen molar-refractivity contribution in [3.63, 3.8) is 0 Å². The van der Waals surface area contributed by atoms with Crippen molar-refractivity contribution < 1.29 is 9.32 Å². The number of hydrogen-bond acceptors (Lipinski definition) is 4. The van der Waals surface area contributed by atoms with Gasteiger partial charge >= 0.3 is 0 Å². The lowest BCUT2D eigenvalue weighted by molar-refractivity contribution is -0.117. The second-order valence-corrected chi connectivity index (χ2v) is 5.99. The highest BCUT2D eigenvalue weighted by Gasteiger charge is 2.35. The number of carbonyl (C=O) groups is 1. The molecule has 1 atom stereocenters. The number of benzene rings is 1. The van der Waals surface area contributed by atoms with Crippen LogP contribution < -0.4 is 4.90 Å². The first-order chi connectivity index (χ1) is 10.6. The van der Waals surface area contributed by atoms with Gasteiger partial charge in [-0.05, 0) is 37.5 Å². The van der Waals surface area contributed by atoms with Crippen LogP contribution in [0.1, 0.15) is 48.5 Å². The molecule has 1 aromatic heterocycles. The third-order valence-corrected chi connectivity index (χ3v) is 4.09. The van der Waals surface area contributed by atoms with Crippen LogP contribution in [0.5, 0.6) is 0 Å². The Morgan fingerprint density at radius 1 is 1.36 bits per heavy atom. The van der Waals surface area contributed by atoms with Crippen LogP contribution >= 0.6 is 0 Å². The first-order valence-corrected chi connectivity index (χ1v) is 7.78. The minimum Gasteiger partial charge on any atom is -0.339 e. The highest BCUT2D eigenvalue weighted by Crippen LogP contribution is 2.33. The first-order valence-electron chi connectivity index (χ1n) is 7.78. The van der Waals surface area contributed by atoms with Crippen molar-refractivity contribution in [2.45, 2.75) is 46.0 Å². The maximum absolute atomic E-state index is 12.4. The lowest BCUT2D eigenvalue weighted by Gasteiger charge is -2.19.